The molecule has 0 heteroatoms. The Morgan fingerprint density at radius 1 is 1.25 bits per heavy atom. The fourth-order valence-corrected chi connectivity index (χ4v) is 2.35. The monoisotopic (exact) mass is 210 g/mol. The minimum Gasteiger partial charge on any atom is -0.102 e. The summed E-state index contributed by atoms with van der Waals surface area (Å²) in [5, 5.41) is 0. The molecule has 1 aliphatic rings. The molecule has 0 radical (unpaired) electrons. The summed E-state index contributed by atoms with van der Waals surface area (Å²) in [7, 11) is 0. The lowest BCUT2D eigenvalue weighted by Gasteiger charge is -2.34. The van der Waals surface area contributed by atoms with Crippen LogP contribution in [0.1, 0.15) is 24.8 Å². The van der Waals surface area contributed by atoms with Gasteiger partial charge in [-0.3, -0.25) is 0 Å². The van der Waals surface area contributed by atoms with Crippen LogP contribution in [0.2, 0.25) is 0 Å². The normalized spacial score (nSPS) is 25.3. The first-order valence-corrected chi connectivity index (χ1v) is 5.81. The molecule has 2 rings (SSSR count). The zero-order valence-electron chi connectivity index (χ0n) is 9.77. The van der Waals surface area contributed by atoms with Crippen molar-refractivity contribution in [2.75, 3.05) is 0 Å². The smallest absolute Gasteiger partial charge is 0.0162 e. The Kier molecular flexibility index (Phi) is 3.09. The maximum atomic E-state index is 4.02. The Labute approximate surface area is 98.0 Å². The van der Waals surface area contributed by atoms with Crippen molar-refractivity contribution in [2.24, 2.45) is 5.41 Å². The van der Waals surface area contributed by atoms with E-state index in [9.17, 15) is 0 Å². The van der Waals surface area contributed by atoms with Crippen LogP contribution in [-0.4, -0.2) is 0 Å². The van der Waals surface area contributed by atoms with Gasteiger partial charge in [-0.2, -0.15) is 0 Å². The van der Waals surface area contributed by atoms with Crippen molar-refractivity contribution in [1.82, 2.24) is 0 Å². The Hall–Kier alpha value is -1.56. The van der Waals surface area contributed by atoms with Crippen molar-refractivity contribution in [2.45, 2.75) is 19.3 Å². The largest absolute Gasteiger partial charge is 0.102 e. The van der Waals surface area contributed by atoms with Gasteiger partial charge in [0.25, 0.3) is 0 Å². The molecule has 2 unspecified atom stereocenters. The van der Waals surface area contributed by atoms with Crippen molar-refractivity contribution in [1.29, 1.82) is 0 Å². The summed E-state index contributed by atoms with van der Waals surface area (Å²) in [6, 6.07) is 10.7. The van der Waals surface area contributed by atoms with Crippen LogP contribution in [0.4, 0.5) is 0 Å². The van der Waals surface area contributed by atoms with Gasteiger partial charge in [-0.05, 0) is 17.9 Å². The van der Waals surface area contributed by atoms with Gasteiger partial charge in [0.2, 0.25) is 0 Å². The molecule has 0 N–H and O–H groups in total. The topological polar surface area (TPSA) is 0 Å². The van der Waals surface area contributed by atoms with Crippen molar-refractivity contribution in [3.63, 3.8) is 0 Å². The van der Waals surface area contributed by atoms with Gasteiger partial charge in [0.1, 0.15) is 0 Å². The summed E-state index contributed by atoms with van der Waals surface area (Å²) in [4.78, 5) is 0. The van der Waals surface area contributed by atoms with Gasteiger partial charge in [-0.25, -0.2) is 0 Å². The van der Waals surface area contributed by atoms with E-state index in [0.717, 1.165) is 6.42 Å². The molecule has 1 aromatic carbocycles. The number of hydrogen-bond acceptors (Lipinski definition) is 0. The zero-order chi connectivity index (χ0) is 11.4. The summed E-state index contributed by atoms with van der Waals surface area (Å²) in [5.41, 5.74) is 1.46. The quantitative estimate of drug-likeness (QED) is 0.645. The maximum absolute atomic E-state index is 4.02. The average Bonchev–Trinajstić information content (AvgIpc) is 2.39. The first-order chi connectivity index (χ1) is 7.78. The fourth-order valence-electron chi connectivity index (χ4n) is 2.35. The molecule has 0 aliphatic heterocycles. The molecular weight excluding hydrogens is 192 g/mol. The van der Waals surface area contributed by atoms with E-state index in [2.05, 4.69) is 74.2 Å². The predicted octanol–water partition coefficient (Wildman–Crippen LogP) is 4.48. The van der Waals surface area contributed by atoms with Crippen molar-refractivity contribution in [3.05, 3.63) is 72.9 Å². The van der Waals surface area contributed by atoms with Crippen LogP contribution in [0.5, 0.6) is 0 Å². The Morgan fingerprint density at radius 2 is 2.00 bits per heavy atom. The molecule has 0 aromatic heterocycles. The van der Waals surface area contributed by atoms with Crippen LogP contribution in [0.25, 0.3) is 0 Å². The summed E-state index contributed by atoms with van der Waals surface area (Å²) < 4.78 is 0. The van der Waals surface area contributed by atoms with E-state index in [0.29, 0.717) is 5.92 Å². The first kappa shape index (κ1) is 10.9. The summed E-state index contributed by atoms with van der Waals surface area (Å²) in [5.74, 6) is 0.465. The molecule has 0 amide bonds. The SMILES string of the molecule is C=CC1(C(C)c2ccccc2)C=CC=CC1. The Morgan fingerprint density at radius 3 is 2.56 bits per heavy atom. The van der Waals surface area contributed by atoms with Gasteiger partial charge in [0.15, 0.2) is 0 Å². The molecule has 0 nitrogen and oxygen atoms in total. The molecule has 0 spiro atoms. The second-order valence-corrected chi connectivity index (χ2v) is 4.44. The maximum Gasteiger partial charge on any atom is 0.0162 e. The molecule has 16 heavy (non-hydrogen) atoms. The van der Waals surface area contributed by atoms with Crippen LogP contribution < -0.4 is 0 Å². The lowest BCUT2D eigenvalue weighted by atomic mass is 9.69. The van der Waals surface area contributed by atoms with Crippen molar-refractivity contribution in [3.8, 4) is 0 Å². The van der Waals surface area contributed by atoms with Gasteiger partial charge in [0.05, 0.1) is 0 Å². The van der Waals surface area contributed by atoms with Crippen molar-refractivity contribution < 1.29 is 0 Å². The summed E-state index contributed by atoms with van der Waals surface area (Å²) in [6.45, 7) is 6.30. The highest BCUT2D eigenvalue weighted by atomic mass is 14.3. The third kappa shape index (κ3) is 1.88. The fraction of sp³-hybridized carbons (Fsp3) is 0.250. The van der Waals surface area contributed by atoms with Crippen LogP contribution in [0.15, 0.2) is 67.3 Å². The molecule has 0 saturated carbocycles. The predicted molar refractivity (Wildman–Crippen MR) is 70.4 cm³/mol. The molecule has 1 aliphatic carbocycles. The molecule has 0 saturated heterocycles. The van der Waals surface area contributed by atoms with Crippen LogP contribution in [-0.2, 0) is 0 Å². The highest BCUT2D eigenvalue weighted by Crippen LogP contribution is 2.42. The number of benzene rings is 1. The molecule has 0 bridgehead atoms. The molecule has 0 heterocycles. The highest BCUT2D eigenvalue weighted by Gasteiger charge is 2.31. The van der Waals surface area contributed by atoms with Gasteiger partial charge < -0.3 is 0 Å². The van der Waals surface area contributed by atoms with E-state index in [1.807, 2.05) is 0 Å². The van der Waals surface area contributed by atoms with E-state index >= 15 is 0 Å². The zero-order valence-corrected chi connectivity index (χ0v) is 9.77. The number of rotatable bonds is 3. The molecule has 1 aromatic rings. The third-order valence-corrected chi connectivity index (χ3v) is 3.61. The van der Waals surface area contributed by atoms with Gasteiger partial charge in [0, 0.05) is 5.41 Å². The van der Waals surface area contributed by atoms with Crippen molar-refractivity contribution >= 4 is 0 Å². The van der Waals surface area contributed by atoms with E-state index in [1.165, 1.54) is 5.56 Å². The van der Waals surface area contributed by atoms with Crippen LogP contribution in [0, 0.1) is 5.41 Å². The average molecular weight is 210 g/mol. The summed E-state index contributed by atoms with van der Waals surface area (Å²) >= 11 is 0. The second kappa shape index (κ2) is 4.52. The minimum absolute atomic E-state index is 0.0795. The van der Waals surface area contributed by atoms with E-state index in [1.54, 1.807) is 0 Å². The third-order valence-electron chi connectivity index (χ3n) is 3.61. The molecule has 82 valence electrons. The summed E-state index contributed by atoms with van der Waals surface area (Å²) in [6.07, 6.45) is 11.9. The second-order valence-electron chi connectivity index (χ2n) is 4.44. The lowest BCUT2D eigenvalue weighted by Crippen LogP contribution is -2.23. The van der Waals surface area contributed by atoms with Crippen LogP contribution >= 0.6 is 0 Å². The minimum atomic E-state index is 0.0795. The van der Waals surface area contributed by atoms with Crippen LogP contribution in [0.3, 0.4) is 0 Å². The first-order valence-electron chi connectivity index (χ1n) is 5.81. The number of hydrogen-bond donors (Lipinski definition) is 0. The Balaban J connectivity index is 2.32. The molecule has 0 fully saturated rings. The molecular formula is C16H18. The van der Waals surface area contributed by atoms with Gasteiger partial charge >= 0.3 is 0 Å². The lowest BCUT2D eigenvalue weighted by molar-refractivity contribution is 0.411. The Bertz CT molecular complexity index is 411. The molecule has 2 atom stereocenters. The standard InChI is InChI=1S/C16H18/c1-3-16(12-8-5-9-13-16)14(2)15-10-6-4-7-11-15/h3-12,14H,1,13H2,2H3. The van der Waals surface area contributed by atoms with E-state index < -0.39 is 0 Å². The number of allylic oxidation sites excluding steroid dienone is 5. The van der Waals surface area contributed by atoms with Gasteiger partial charge in [-0.15, -0.1) is 6.58 Å². The van der Waals surface area contributed by atoms with E-state index in [-0.39, 0.29) is 5.41 Å². The van der Waals surface area contributed by atoms with E-state index in [4.69, 9.17) is 0 Å². The van der Waals surface area contributed by atoms with Gasteiger partial charge in [-0.1, -0.05) is 67.6 Å². The highest BCUT2D eigenvalue weighted by molar-refractivity contribution is 5.31.